The number of nitrogens with zero attached hydrogens (tertiary/aromatic N) is 1. The van der Waals surface area contributed by atoms with Gasteiger partial charge >= 0.3 is 0 Å². The molecule has 3 aromatic carbocycles. The second-order valence-corrected chi connectivity index (χ2v) is 15.5. The Morgan fingerprint density at radius 1 is 0.875 bits per heavy atom. The Bertz CT molecular complexity index is 1630. The Balaban J connectivity index is 0.000000533. The molecule has 1 N–H and O–H groups in total. The summed E-state index contributed by atoms with van der Waals surface area (Å²) in [4.78, 5) is 0. The molecule has 0 spiro atoms. The van der Waals surface area contributed by atoms with Crippen molar-refractivity contribution in [3.05, 3.63) is 100 Å². The van der Waals surface area contributed by atoms with E-state index in [1.807, 2.05) is 13.8 Å². The van der Waals surface area contributed by atoms with Gasteiger partial charge in [-0.25, -0.2) is 4.39 Å². The molecule has 0 saturated heterocycles. The minimum absolute atomic E-state index is 0.0136. The number of fused-ring (bicyclic) bond motifs is 3. The molecular weight excluding hydrogens is 593 g/mol. The van der Waals surface area contributed by atoms with E-state index in [-0.39, 0.29) is 29.3 Å². The molecule has 0 radical (unpaired) electrons. The lowest BCUT2D eigenvalue weighted by molar-refractivity contribution is 0.252. The maximum atomic E-state index is 12.4. The van der Waals surface area contributed by atoms with Crippen LogP contribution in [0.2, 0.25) is 0 Å². The van der Waals surface area contributed by atoms with E-state index in [0.29, 0.717) is 0 Å². The molecule has 0 saturated carbocycles. The SMILES string of the molecule is CCCCc1ccc2c3ccc(CCCC)cc3n(C(C)/C=C(\C=C(\C)CO)C(C)(C)CC(C)(C)C)c2c1.COc1ccc(F)cc1C. The Labute approximate surface area is 290 Å². The maximum absolute atomic E-state index is 12.4. The van der Waals surface area contributed by atoms with Crippen LogP contribution in [0.1, 0.15) is 117 Å². The predicted molar refractivity (Wildman–Crippen MR) is 206 cm³/mol. The Morgan fingerprint density at radius 3 is 1.85 bits per heavy atom. The van der Waals surface area contributed by atoms with Gasteiger partial charge in [0.2, 0.25) is 0 Å². The van der Waals surface area contributed by atoms with Gasteiger partial charge in [0.05, 0.1) is 13.7 Å². The monoisotopic (exact) mass is 655 g/mol. The molecule has 1 heterocycles. The van der Waals surface area contributed by atoms with Crippen LogP contribution in [0.15, 0.2) is 77.9 Å². The fraction of sp³-hybridized carbons (Fsp3) is 0.500. The van der Waals surface area contributed by atoms with Crippen LogP contribution in [0.25, 0.3) is 21.8 Å². The highest BCUT2D eigenvalue weighted by Crippen LogP contribution is 2.42. The third-order valence-corrected chi connectivity index (χ3v) is 9.16. The van der Waals surface area contributed by atoms with Crippen molar-refractivity contribution in [3.8, 4) is 5.75 Å². The zero-order valence-electron chi connectivity index (χ0n) is 31.8. The molecule has 0 fully saturated rings. The first kappa shape index (κ1) is 39.1. The van der Waals surface area contributed by atoms with Gasteiger partial charge in [0.1, 0.15) is 11.6 Å². The summed E-state index contributed by atoms with van der Waals surface area (Å²) in [5.41, 5.74) is 8.86. The number of aliphatic hydroxyl groups excluding tert-OH is 1. The molecule has 262 valence electrons. The maximum Gasteiger partial charge on any atom is 0.123 e. The summed E-state index contributed by atoms with van der Waals surface area (Å²) < 4.78 is 19.9. The highest BCUT2D eigenvalue weighted by atomic mass is 19.1. The summed E-state index contributed by atoms with van der Waals surface area (Å²) in [5.74, 6) is 0.500. The zero-order chi connectivity index (χ0) is 35.6. The number of ether oxygens (including phenoxy) is 1. The quantitative estimate of drug-likeness (QED) is 0.145. The minimum atomic E-state index is -0.224. The Hall–Kier alpha value is -3.37. The zero-order valence-corrected chi connectivity index (χ0v) is 31.8. The summed E-state index contributed by atoms with van der Waals surface area (Å²) in [6, 6.07) is 18.9. The third kappa shape index (κ3) is 10.6. The van der Waals surface area contributed by atoms with E-state index in [9.17, 15) is 9.50 Å². The van der Waals surface area contributed by atoms with Crippen molar-refractivity contribution in [3.63, 3.8) is 0 Å². The summed E-state index contributed by atoms with van der Waals surface area (Å²) in [6.45, 7) is 22.5. The van der Waals surface area contributed by atoms with Crippen LogP contribution >= 0.6 is 0 Å². The molecule has 1 atom stereocenters. The number of rotatable bonds is 13. The molecule has 0 aliphatic carbocycles. The Kier molecular flexibility index (Phi) is 14.1. The lowest BCUT2D eigenvalue weighted by Gasteiger charge is -2.35. The molecule has 1 aromatic heterocycles. The lowest BCUT2D eigenvalue weighted by atomic mass is 9.71. The van der Waals surface area contributed by atoms with Crippen LogP contribution < -0.4 is 4.74 Å². The molecule has 3 nitrogen and oxygen atoms in total. The lowest BCUT2D eigenvalue weighted by Crippen LogP contribution is -2.23. The van der Waals surface area contributed by atoms with E-state index < -0.39 is 0 Å². The van der Waals surface area contributed by atoms with E-state index in [1.165, 1.54) is 76.3 Å². The van der Waals surface area contributed by atoms with Gasteiger partial charge in [-0.2, -0.15) is 0 Å². The van der Waals surface area contributed by atoms with Gasteiger partial charge in [-0.3, -0.25) is 0 Å². The average Bonchev–Trinajstić information content (AvgIpc) is 3.34. The van der Waals surface area contributed by atoms with Crippen molar-refractivity contribution in [1.82, 2.24) is 4.57 Å². The molecule has 4 aromatic rings. The first-order valence-corrected chi connectivity index (χ1v) is 18.0. The Morgan fingerprint density at radius 2 is 1.42 bits per heavy atom. The van der Waals surface area contributed by atoms with Crippen molar-refractivity contribution < 1.29 is 14.2 Å². The molecule has 4 rings (SSSR count). The molecule has 0 bridgehead atoms. The summed E-state index contributed by atoms with van der Waals surface area (Å²) in [5, 5.41) is 12.6. The number of hydrogen-bond donors (Lipinski definition) is 1. The van der Waals surface area contributed by atoms with Gasteiger partial charge in [0.15, 0.2) is 0 Å². The van der Waals surface area contributed by atoms with Crippen LogP contribution in [-0.4, -0.2) is 23.4 Å². The van der Waals surface area contributed by atoms with E-state index in [0.717, 1.165) is 36.1 Å². The first-order chi connectivity index (χ1) is 22.6. The van der Waals surface area contributed by atoms with Gasteiger partial charge in [0.25, 0.3) is 0 Å². The molecule has 4 heteroatoms. The fourth-order valence-electron chi connectivity index (χ4n) is 7.03. The molecule has 0 aliphatic heterocycles. The number of hydrogen-bond acceptors (Lipinski definition) is 2. The fourth-order valence-corrected chi connectivity index (χ4v) is 7.03. The smallest absolute Gasteiger partial charge is 0.123 e. The molecule has 48 heavy (non-hydrogen) atoms. The van der Waals surface area contributed by atoms with Crippen molar-refractivity contribution in [2.75, 3.05) is 13.7 Å². The number of halogens is 1. The molecule has 0 aliphatic rings. The summed E-state index contributed by atoms with van der Waals surface area (Å²) in [7, 11) is 1.57. The molecule has 0 amide bonds. The van der Waals surface area contributed by atoms with Gasteiger partial charge in [-0.1, -0.05) is 97.7 Å². The number of unbranched alkanes of at least 4 members (excludes halogenated alkanes) is 2. The van der Waals surface area contributed by atoms with Crippen molar-refractivity contribution >= 4 is 21.8 Å². The van der Waals surface area contributed by atoms with Crippen molar-refractivity contribution in [2.24, 2.45) is 10.8 Å². The normalized spacial score (nSPS) is 13.5. The van der Waals surface area contributed by atoms with Crippen LogP contribution in [-0.2, 0) is 12.8 Å². The average molecular weight is 656 g/mol. The standard InChI is InChI=1S/C36H53NO.C8H9FO/c1-10-12-14-28-16-18-31-32-19-17-29(15-13-11-2)23-34(32)37(33(31)22-28)27(4)21-30(20-26(3)24-38)36(8,9)25-35(5,6)7;1-6-5-7(9)3-4-8(6)10-2/h16-23,27,38H,10-15,24-25H2,1-9H3;3-5H,1-2H3/b26-20-,30-21+;. The minimum Gasteiger partial charge on any atom is -0.496 e. The summed E-state index contributed by atoms with van der Waals surface area (Å²) >= 11 is 0. The first-order valence-electron chi connectivity index (χ1n) is 18.0. The van der Waals surface area contributed by atoms with E-state index in [4.69, 9.17) is 4.74 Å². The topological polar surface area (TPSA) is 34.4 Å². The van der Waals surface area contributed by atoms with Crippen LogP contribution in [0.5, 0.6) is 5.75 Å². The van der Waals surface area contributed by atoms with E-state index in [1.54, 1.807) is 13.2 Å². The number of aryl methyl sites for hydroxylation is 3. The van der Waals surface area contributed by atoms with Crippen LogP contribution in [0.3, 0.4) is 0 Å². The number of methoxy groups -OCH3 is 1. The second-order valence-electron chi connectivity index (χ2n) is 15.5. The molecular formula is C44H62FNO2. The number of aromatic nitrogens is 1. The summed E-state index contributed by atoms with van der Waals surface area (Å²) in [6.07, 6.45) is 12.9. The van der Waals surface area contributed by atoms with E-state index >= 15 is 0 Å². The highest BCUT2D eigenvalue weighted by Gasteiger charge is 2.29. The number of benzene rings is 3. The van der Waals surface area contributed by atoms with Crippen LogP contribution in [0.4, 0.5) is 4.39 Å². The second kappa shape index (κ2) is 17.3. The molecule has 1 unspecified atom stereocenters. The van der Waals surface area contributed by atoms with Gasteiger partial charge in [-0.15, -0.1) is 0 Å². The van der Waals surface area contributed by atoms with Crippen molar-refractivity contribution in [2.45, 2.75) is 120 Å². The highest BCUT2D eigenvalue weighted by molar-refractivity contribution is 6.08. The largest absolute Gasteiger partial charge is 0.496 e. The van der Waals surface area contributed by atoms with Gasteiger partial charge < -0.3 is 14.4 Å². The number of allylic oxidation sites excluding steroid dienone is 3. The van der Waals surface area contributed by atoms with Gasteiger partial charge in [-0.05, 0) is 122 Å². The number of aliphatic hydroxyl groups is 1. The predicted octanol–water partition coefficient (Wildman–Crippen LogP) is 12.5. The van der Waals surface area contributed by atoms with Crippen molar-refractivity contribution in [1.29, 1.82) is 0 Å². The van der Waals surface area contributed by atoms with E-state index in [2.05, 4.69) is 109 Å². The van der Waals surface area contributed by atoms with Gasteiger partial charge in [0, 0.05) is 27.8 Å². The third-order valence-electron chi connectivity index (χ3n) is 9.16. The van der Waals surface area contributed by atoms with Crippen LogP contribution in [0, 0.1) is 23.6 Å².